The zero-order valence-corrected chi connectivity index (χ0v) is 10.9. The summed E-state index contributed by atoms with van der Waals surface area (Å²) in [6.07, 6.45) is 0. The van der Waals surface area contributed by atoms with Gasteiger partial charge in [-0.1, -0.05) is 6.07 Å². The van der Waals surface area contributed by atoms with Crippen LogP contribution in [0.3, 0.4) is 0 Å². The molecule has 1 aromatic rings. The molecule has 0 unspecified atom stereocenters. The highest BCUT2D eigenvalue weighted by Crippen LogP contribution is 2.22. The van der Waals surface area contributed by atoms with Crippen LogP contribution in [-0.4, -0.2) is 29.3 Å². The van der Waals surface area contributed by atoms with Gasteiger partial charge < -0.3 is 4.90 Å². The molecule has 0 radical (unpaired) electrons. The summed E-state index contributed by atoms with van der Waals surface area (Å²) in [6, 6.07) is 5.45. The predicted molar refractivity (Wildman–Crippen MR) is 68.9 cm³/mol. The van der Waals surface area contributed by atoms with E-state index < -0.39 is 0 Å². The normalized spacial score (nSPS) is 18.2. The first-order valence-electron chi connectivity index (χ1n) is 5.08. The third kappa shape index (κ3) is 2.60. The zero-order chi connectivity index (χ0) is 10.8. The van der Waals surface area contributed by atoms with Crippen molar-refractivity contribution in [3.63, 3.8) is 0 Å². The molecule has 0 N–H and O–H groups in total. The number of hydrogen-bond acceptors (Lipinski definition) is 2. The summed E-state index contributed by atoms with van der Waals surface area (Å²) in [5.41, 5.74) is 1.72. The van der Waals surface area contributed by atoms with E-state index in [-0.39, 0.29) is 5.82 Å². The summed E-state index contributed by atoms with van der Waals surface area (Å²) in [7, 11) is 0. The number of rotatable bonds is 1. The predicted octanol–water partition coefficient (Wildman–Crippen LogP) is 2.61. The molecule has 1 saturated heterocycles. The van der Waals surface area contributed by atoms with Crippen LogP contribution in [-0.2, 0) is 0 Å². The topological polar surface area (TPSA) is 6.48 Å². The van der Waals surface area contributed by atoms with E-state index in [0.717, 1.165) is 37.4 Å². The molecule has 0 spiro atoms. The van der Waals surface area contributed by atoms with E-state index in [4.69, 9.17) is 0 Å². The molecule has 0 bridgehead atoms. The zero-order valence-electron chi connectivity index (χ0n) is 8.71. The number of anilines is 1. The van der Waals surface area contributed by atoms with Gasteiger partial charge in [0.05, 0.1) is 5.69 Å². The molecule has 1 aliphatic rings. The Balaban J connectivity index is 2.15. The molecular formula is C11H14FIN2. The number of halogens is 2. The molecule has 0 aromatic heterocycles. The summed E-state index contributed by atoms with van der Waals surface area (Å²) in [5, 5.41) is 0. The van der Waals surface area contributed by atoms with Crippen LogP contribution in [0.1, 0.15) is 5.56 Å². The maximum absolute atomic E-state index is 13.7. The summed E-state index contributed by atoms with van der Waals surface area (Å²) >= 11 is 2.31. The molecule has 1 fully saturated rings. The maximum Gasteiger partial charge on any atom is 0.146 e. The van der Waals surface area contributed by atoms with Crippen LogP contribution in [0.4, 0.5) is 10.1 Å². The third-order valence-corrected chi connectivity index (χ3v) is 3.63. The molecular weight excluding hydrogens is 306 g/mol. The lowest BCUT2D eigenvalue weighted by atomic mass is 10.2. The van der Waals surface area contributed by atoms with Crippen molar-refractivity contribution in [1.82, 2.24) is 3.11 Å². The summed E-state index contributed by atoms with van der Waals surface area (Å²) in [6.45, 7) is 5.71. The largest absolute Gasteiger partial charge is 0.367 e. The van der Waals surface area contributed by atoms with Gasteiger partial charge in [-0.05, 0) is 24.6 Å². The van der Waals surface area contributed by atoms with Crippen LogP contribution in [0.2, 0.25) is 0 Å². The first-order valence-corrected chi connectivity index (χ1v) is 6.05. The number of aryl methyl sites for hydroxylation is 1. The minimum atomic E-state index is -0.100. The van der Waals surface area contributed by atoms with E-state index >= 15 is 0 Å². The van der Waals surface area contributed by atoms with Gasteiger partial charge in [-0.3, -0.25) is 0 Å². The highest BCUT2D eigenvalue weighted by atomic mass is 127. The van der Waals surface area contributed by atoms with Crippen molar-refractivity contribution >= 4 is 28.6 Å². The maximum atomic E-state index is 13.7. The summed E-state index contributed by atoms with van der Waals surface area (Å²) in [4.78, 5) is 2.12. The van der Waals surface area contributed by atoms with E-state index in [1.807, 2.05) is 19.1 Å². The lowest BCUT2D eigenvalue weighted by Gasteiger charge is -2.33. The van der Waals surface area contributed by atoms with Gasteiger partial charge in [0, 0.05) is 49.0 Å². The van der Waals surface area contributed by atoms with Crippen LogP contribution in [0.25, 0.3) is 0 Å². The molecule has 2 rings (SSSR count). The van der Waals surface area contributed by atoms with Crippen molar-refractivity contribution in [2.24, 2.45) is 0 Å². The van der Waals surface area contributed by atoms with E-state index in [1.165, 1.54) is 0 Å². The number of nitrogens with zero attached hydrogens (tertiary/aromatic N) is 2. The van der Waals surface area contributed by atoms with Gasteiger partial charge in [0.1, 0.15) is 5.82 Å². The smallest absolute Gasteiger partial charge is 0.146 e. The van der Waals surface area contributed by atoms with Crippen molar-refractivity contribution in [2.45, 2.75) is 6.92 Å². The third-order valence-electron chi connectivity index (χ3n) is 2.67. The fourth-order valence-corrected chi connectivity index (χ4v) is 2.22. The highest BCUT2D eigenvalue weighted by Gasteiger charge is 2.17. The second-order valence-electron chi connectivity index (χ2n) is 3.85. The van der Waals surface area contributed by atoms with Crippen LogP contribution >= 0.6 is 22.9 Å². The Kier molecular flexibility index (Phi) is 3.45. The molecule has 0 amide bonds. The minimum Gasteiger partial charge on any atom is -0.367 e. The second kappa shape index (κ2) is 4.65. The molecule has 0 aliphatic carbocycles. The molecule has 15 heavy (non-hydrogen) atoms. The van der Waals surface area contributed by atoms with Gasteiger partial charge in [-0.15, -0.1) is 0 Å². The standard InChI is InChI=1S/C11H14FIN2/c1-9-2-3-11(10(12)8-9)14-4-6-15(13)7-5-14/h2-3,8H,4-7H2,1H3. The van der Waals surface area contributed by atoms with E-state index in [2.05, 4.69) is 30.9 Å². The van der Waals surface area contributed by atoms with Gasteiger partial charge >= 0.3 is 0 Å². The van der Waals surface area contributed by atoms with Crippen LogP contribution < -0.4 is 4.90 Å². The van der Waals surface area contributed by atoms with Gasteiger partial charge in [0.15, 0.2) is 0 Å². The fourth-order valence-electron chi connectivity index (χ4n) is 1.79. The second-order valence-corrected chi connectivity index (χ2v) is 5.22. The minimum absolute atomic E-state index is 0.100. The van der Waals surface area contributed by atoms with Crippen LogP contribution in [0, 0.1) is 12.7 Å². The van der Waals surface area contributed by atoms with Gasteiger partial charge in [0.25, 0.3) is 0 Å². The molecule has 4 heteroatoms. The SMILES string of the molecule is Cc1ccc(N2CCN(I)CC2)c(F)c1. The Morgan fingerprint density at radius 3 is 2.47 bits per heavy atom. The van der Waals surface area contributed by atoms with Gasteiger partial charge in [-0.25, -0.2) is 7.50 Å². The Labute approximate surface area is 104 Å². The number of piperazine rings is 1. The first-order chi connectivity index (χ1) is 7.16. The molecule has 0 atom stereocenters. The Morgan fingerprint density at radius 1 is 1.20 bits per heavy atom. The van der Waals surface area contributed by atoms with Crippen molar-refractivity contribution < 1.29 is 4.39 Å². The van der Waals surface area contributed by atoms with Crippen molar-refractivity contribution in [3.8, 4) is 0 Å². The molecule has 1 heterocycles. The molecule has 1 aliphatic heterocycles. The Hall–Kier alpha value is -0.360. The first kappa shape index (κ1) is 11.1. The summed E-state index contributed by atoms with van der Waals surface area (Å²) in [5.74, 6) is -0.100. The van der Waals surface area contributed by atoms with E-state index in [1.54, 1.807) is 6.07 Å². The van der Waals surface area contributed by atoms with Gasteiger partial charge in [-0.2, -0.15) is 0 Å². The lowest BCUT2D eigenvalue weighted by Crippen LogP contribution is -2.42. The Bertz CT molecular complexity index is 348. The fraction of sp³-hybridized carbons (Fsp3) is 0.455. The number of benzene rings is 1. The van der Waals surface area contributed by atoms with Gasteiger partial charge in [0.2, 0.25) is 0 Å². The Morgan fingerprint density at radius 2 is 1.87 bits per heavy atom. The van der Waals surface area contributed by atoms with Crippen LogP contribution in [0.5, 0.6) is 0 Å². The summed E-state index contributed by atoms with van der Waals surface area (Å²) < 4.78 is 15.9. The molecule has 2 nitrogen and oxygen atoms in total. The monoisotopic (exact) mass is 320 g/mol. The highest BCUT2D eigenvalue weighted by molar-refractivity contribution is 14.1. The molecule has 82 valence electrons. The average Bonchev–Trinajstić information content (AvgIpc) is 2.20. The van der Waals surface area contributed by atoms with E-state index in [9.17, 15) is 4.39 Å². The van der Waals surface area contributed by atoms with Crippen molar-refractivity contribution in [1.29, 1.82) is 0 Å². The van der Waals surface area contributed by atoms with Crippen molar-refractivity contribution in [2.75, 3.05) is 31.1 Å². The lowest BCUT2D eigenvalue weighted by molar-refractivity contribution is 0.456. The molecule has 0 saturated carbocycles. The number of hydrogen-bond donors (Lipinski definition) is 0. The quantitative estimate of drug-likeness (QED) is 0.580. The average molecular weight is 320 g/mol. The van der Waals surface area contributed by atoms with Crippen molar-refractivity contribution in [3.05, 3.63) is 29.6 Å². The van der Waals surface area contributed by atoms with Crippen LogP contribution in [0.15, 0.2) is 18.2 Å². The molecule has 1 aromatic carbocycles. The van der Waals surface area contributed by atoms with E-state index in [0.29, 0.717) is 0 Å².